The molecule has 0 aromatic heterocycles. The van der Waals surface area contributed by atoms with Crippen molar-refractivity contribution in [2.45, 2.75) is 51.4 Å². The lowest BCUT2D eigenvalue weighted by atomic mass is 10.2. The summed E-state index contributed by atoms with van der Waals surface area (Å²) in [6, 6.07) is -0.810. The lowest BCUT2D eigenvalue weighted by Crippen LogP contribution is -2.42. The molecule has 0 saturated heterocycles. The Hall–Kier alpha value is -0.393. The van der Waals surface area contributed by atoms with Gasteiger partial charge in [-0.15, -0.1) is 0 Å². The number of aliphatic carboxylic acids is 1. The lowest BCUT2D eigenvalue weighted by Gasteiger charge is -2.36. The highest BCUT2D eigenvalue weighted by Crippen LogP contribution is 2.36. The Bertz CT molecular complexity index is 223. The molecule has 0 aromatic carbocycles. The molecular weight excluding hydrogens is 210 g/mol. The second-order valence-corrected chi connectivity index (χ2v) is 10.2. The minimum Gasteiger partial charge on any atom is -0.480 e. The molecule has 0 amide bonds. The van der Waals surface area contributed by atoms with Crippen molar-refractivity contribution >= 4 is 14.3 Å². The maximum Gasteiger partial charge on any atom is 0.320 e. The van der Waals surface area contributed by atoms with Gasteiger partial charge in [0.1, 0.15) is 6.04 Å². The van der Waals surface area contributed by atoms with Crippen LogP contribution in [0, 0.1) is 0 Å². The molecule has 0 aromatic rings. The van der Waals surface area contributed by atoms with Gasteiger partial charge in [-0.25, -0.2) is 0 Å². The van der Waals surface area contributed by atoms with E-state index in [2.05, 4.69) is 33.9 Å². The molecule has 0 fully saturated rings. The summed E-state index contributed by atoms with van der Waals surface area (Å²) in [7, 11) is -1.75. The van der Waals surface area contributed by atoms with Gasteiger partial charge in [0.25, 0.3) is 0 Å². The molecule has 0 radical (unpaired) electrons. The van der Waals surface area contributed by atoms with Crippen molar-refractivity contribution in [1.29, 1.82) is 0 Å². The molecule has 3 N–H and O–H groups in total. The monoisotopic (exact) mass is 233 g/mol. The van der Waals surface area contributed by atoms with Gasteiger partial charge in [-0.2, -0.15) is 0 Å². The maximum absolute atomic E-state index is 10.5. The maximum atomic E-state index is 10.5. The molecule has 0 heterocycles. The number of nitrogens with two attached hydrogens (primary N) is 1. The summed E-state index contributed by atoms with van der Waals surface area (Å²) >= 11 is 0. The van der Waals surface area contributed by atoms with Crippen LogP contribution in [0.5, 0.6) is 0 Å². The van der Waals surface area contributed by atoms with Gasteiger partial charge < -0.3 is 15.3 Å². The van der Waals surface area contributed by atoms with Gasteiger partial charge in [0.15, 0.2) is 8.32 Å². The highest BCUT2D eigenvalue weighted by molar-refractivity contribution is 6.74. The number of hydrogen-bond acceptors (Lipinski definition) is 3. The highest BCUT2D eigenvalue weighted by atomic mass is 28.4. The molecule has 15 heavy (non-hydrogen) atoms. The van der Waals surface area contributed by atoms with Crippen LogP contribution in [0.15, 0.2) is 0 Å². The SMILES string of the molecule is CC(C)(C)[Si](C)(C)OCCC(N)C(=O)O. The Morgan fingerprint density at radius 1 is 1.47 bits per heavy atom. The van der Waals surface area contributed by atoms with Crippen molar-refractivity contribution in [3.63, 3.8) is 0 Å². The summed E-state index contributed by atoms with van der Waals surface area (Å²) in [5.74, 6) is -0.964. The fraction of sp³-hybridized carbons (Fsp3) is 0.900. The molecule has 0 rings (SSSR count). The first-order valence-electron chi connectivity index (χ1n) is 5.20. The van der Waals surface area contributed by atoms with Crippen molar-refractivity contribution in [3.05, 3.63) is 0 Å². The first-order chi connectivity index (χ1) is 6.58. The zero-order valence-corrected chi connectivity index (χ0v) is 11.3. The molecular formula is C10H23NO3Si. The summed E-state index contributed by atoms with van der Waals surface area (Å²) in [5, 5.41) is 8.76. The first-order valence-corrected chi connectivity index (χ1v) is 8.11. The van der Waals surface area contributed by atoms with Gasteiger partial charge in [-0.3, -0.25) is 4.79 Å². The number of carboxylic acid groups (broad SMARTS) is 1. The van der Waals surface area contributed by atoms with E-state index in [1.54, 1.807) is 0 Å². The van der Waals surface area contributed by atoms with E-state index in [9.17, 15) is 4.79 Å². The zero-order chi connectivity index (χ0) is 12.3. The Morgan fingerprint density at radius 2 is 1.93 bits per heavy atom. The fourth-order valence-corrected chi connectivity index (χ4v) is 1.84. The van der Waals surface area contributed by atoms with Gasteiger partial charge in [-0.05, 0) is 24.6 Å². The summed E-state index contributed by atoms with van der Waals surface area (Å²) in [6.45, 7) is 11.2. The van der Waals surface area contributed by atoms with E-state index in [4.69, 9.17) is 15.3 Å². The van der Waals surface area contributed by atoms with Crippen molar-refractivity contribution < 1.29 is 14.3 Å². The molecule has 0 aliphatic carbocycles. The minimum absolute atomic E-state index is 0.153. The smallest absolute Gasteiger partial charge is 0.320 e. The summed E-state index contributed by atoms with van der Waals surface area (Å²) in [4.78, 5) is 10.5. The van der Waals surface area contributed by atoms with E-state index >= 15 is 0 Å². The molecule has 0 spiro atoms. The topological polar surface area (TPSA) is 72.5 Å². The third-order valence-corrected chi connectivity index (χ3v) is 7.55. The third-order valence-electron chi connectivity index (χ3n) is 3.02. The zero-order valence-electron chi connectivity index (χ0n) is 10.3. The largest absolute Gasteiger partial charge is 0.480 e. The predicted octanol–water partition coefficient (Wildman–Crippen LogP) is 1.81. The average molecular weight is 233 g/mol. The second kappa shape index (κ2) is 5.09. The van der Waals surface area contributed by atoms with Crippen LogP contribution in [0.3, 0.4) is 0 Å². The van der Waals surface area contributed by atoms with Crippen molar-refractivity contribution in [1.82, 2.24) is 0 Å². The molecule has 0 bridgehead atoms. The van der Waals surface area contributed by atoms with Crippen LogP contribution in [-0.2, 0) is 9.22 Å². The number of rotatable bonds is 5. The molecule has 0 aliphatic rings. The van der Waals surface area contributed by atoms with Crippen LogP contribution in [0.4, 0.5) is 0 Å². The van der Waals surface area contributed by atoms with Crippen LogP contribution in [0.25, 0.3) is 0 Å². The Kier molecular flexibility index (Phi) is 4.96. The van der Waals surface area contributed by atoms with Gasteiger partial charge in [-0.1, -0.05) is 20.8 Å². The van der Waals surface area contributed by atoms with Crippen molar-refractivity contribution in [2.24, 2.45) is 5.73 Å². The van der Waals surface area contributed by atoms with Gasteiger partial charge in [0.05, 0.1) is 0 Å². The summed E-state index contributed by atoms with van der Waals surface area (Å²) < 4.78 is 5.81. The number of hydrogen-bond donors (Lipinski definition) is 2. The number of carbonyl (C=O) groups is 1. The van der Waals surface area contributed by atoms with Crippen LogP contribution in [-0.4, -0.2) is 32.0 Å². The molecule has 0 saturated carbocycles. The van der Waals surface area contributed by atoms with Crippen LogP contribution in [0.2, 0.25) is 18.1 Å². The van der Waals surface area contributed by atoms with E-state index < -0.39 is 20.3 Å². The quantitative estimate of drug-likeness (QED) is 0.710. The van der Waals surface area contributed by atoms with E-state index in [1.807, 2.05) is 0 Å². The first kappa shape index (κ1) is 14.6. The van der Waals surface area contributed by atoms with E-state index in [1.165, 1.54) is 0 Å². The highest BCUT2D eigenvalue weighted by Gasteiger charge is 2.37. The summed E-state index contributed by atoms with van der Waals surface area (Å²) in [6.07, 6.45) is 0.377. The van der Waals surface area contributed by atoms with Crippen molar-refractivity contribution in [3.8, 4) is 0 Å². The average Bonchev–Trinajstić information content (AvgIpc) is 2.01. The van der Waals surface area contributed by atoms with Crippen LogP contribution < -0.4 is 5.73 Å². The van der Waals surface area contributed by atoms with Crippen molar-refractivity contribution in [2.75, 3.05) is 6.61 Å². The Balaban J connectivity index is 4.01. The molecule has 0 aliphatic heterocycles. The molecule has 90 valence electrons. The lowest BCUT2D eigenvalue weighted by molar-refractivity contribution is -0.138. The normalized spacial score (nSPS) is 15.1. The predicted molar refractivity (Wildman–Crippen MR) is 63.4 cm³/mol. The summed E-state index contributed by atoms with van der Waals surface area (Å²) in [5.41, 5.74) is 5.39. The van der Waals surface area contributed by atoms with E-state index in [-0.39, 0.29) is 5.04 Å². The minimum atomic E-state index is -1.75. The molecule has 5 heteroatoms. The van der Waals surface area contributed by atoms with E-state index in [0.717, 1.165) is 0 Å². The van der Waals surface area contributed by atoms with Crippen LogP contribution >= 0.6 is 0 Å². The standard InChI is InChI=1S/C10H23NO3Si/c1-10(2,3)15(4,5)14-7-6-8(11)9(12)13/h8H,6-7,11H2,1-5H3,(H,12,13). The van der Waals surface area contributed by atoms with Crippen LogP contribution in [0.1, 0.15) is 27.2 Å². The number of carboxylic acids is 1. The Morgan fingerprint density at radius 3 is 2.27 bits per heavy atom. The molecule has 4 nitrogen and oxygen atoms in total. The van der Waals surface area contributed by atoms with E-state index in [0.29, 0.717) is 13.0 Å². The fourth-order valence-electron chi connectivity index (χ4n) is 0.781. The van der Waals surface area contributed by atoms with Gasteiger partial charge >= 0.3 is 5.97 Å². The second-order valence-electron chi connectivity index (χ2n) is 5.34. The third kappa shape index (κ3) is 4.77. The Labute approximate surface area is 92.9 Å². The van der Waals surface area contributed by atoms with Gasteiger partial charge in [0, 0.05) is 6.61 Å². The van der Waals surface area contributed by atoms with Gasteiger partial charge in [0.2, 0.25) is 0 Å². The molecule has 1 unspecified atom stereocenters. The molecule has 1 atom stereocenters.